The van der Waals surface area contributed by atoms with Crippen molar-refractivity contribution in [3.8, 4) is 0 Å². The fourth-order valence-electron chi connectivity index (χ4n) is 4.72. The van der Waals surface area contributed by atoms with Gasteiger partial charge in [0.25, 0.3) is 5.91 Å². The monoisotopic (exact) mass is 293 g/mol. The zero-order valence-corrected chi connectivity index (χ0v) is 13.1. The van der Waals surface area contributed by atoms with Crippen LogP contribution in [-0.4, -0.2) is 11.9 Å². The Labute approximate surface area is 131 Å². The van der Waals surface area contributed by atoms with E-state index in [0.29, 0.717) is 5.92 Å². The molecule has 4 unspecified atom stereocenters. The molecule has 2 fully saturated rings. The van der Waals surface area contributed by atoms with Crippen molar-refractivity contribution in [3.63, 3.8) is 0 Å². The predicted octanol–water partition coefficient (Wildman–Crippen LogP) is 4.39. The average Bonchev–Trinajstić information content (AvgIpc) is 3.17. The van der Waals surface area contributed by atoms with Crippen molar-refractivity contribution in [2.24, 2.45) is 17.8 Å². The molecule has 1 N–H and O–H groups in total. The molecule has 114 valence electrons. The molecule has 2 nitrogen and oxygen atoms in total. The molecule has 2 saturated carbocycles. The van der Waals surface area contributed by atoms with Gasteiger partial charge in [0, 0.05) is 11.6 Å². The number of nitrogens with one attached hydrogen (secondary N) is 1. The highest BCUT2D eigenvalue weighted by molar-refractivity contribution is 6.07. The summed E-state index contributed by atoms with van der Waals surface area (Å²) in [6.45, 7) is 2.19. The topological polar surface area (TPSA) is 29.1 Å². The van der Waals surface area contributed by atoms with Gasteiger partial charge in [0.1, 0.15) is 0 Å². The number of carbonyl (C=O) groups is 1. The Morgan fingerprint density at radius 1 is 1.09 bits per heavy atom. The van der Waals surface area contributed by atoms with Crippen LogP contribution in [0.3, 0.4) is 0 Å². The Morgan fingerprint density at radius 3 is 2.68 bits per heavy atom. The molecule has 0 aliphatic heterocycles. The van der Waals surface area contributed by atoms with Crippen molar-refractivity contribution < 1.29 is 4.79 Å². The van der Waals surface area contributed by atoms with Gasteiger partial charge in [0.15, 0.2) is 0 Å². The summed E-state index contributed by atoms with van der Waals surface area (Å²) in [6.07, 6.45) is 5.47. The Kier molecular flexibility index (Phi) is 3.40. The Hall–Kier alpha value is -1.83. The maximum Gasteiger partial charge on any atom is 0.252 e. The number of benzene rings is 2. The maximum absolute atomic E-state index is 12.7. The molecule has 2 aliphatic rings. The summed E-state index contributed by atoms with van der Waals surface area (Å²) in [7, 11) is 0. The Balaban J connectivity index is 1.54. The van der Waals surface area contributed by atoms with Crippen LogP contribution in [0.15, 0.2) is 42.5 Å². The van der Waals surface area contributed by atoms with Crippen molar-refractivity contribution in [2.45, 2.75) is 38.6 Å². The van der Waals surface area contributed by atoms with E-state index in [-0.39, 0.29) is 11.9 Å². The fraction of sp³-hybridized carbons (Fsp3) is 0.450. The van der Waals surface area contributed by atoms with Crippen LogP contribution in [0, 0.1) is 17.8 Å². The molecule has 4 atom stereocenters. The van der Waals surface area contributed by atoms with Gasteiger partial charge in [-0.3, -0.25) is 4.79 Å². The molecule has 22 heavy (non-hydrogen) atoms. The Morgan fingerprint density at radius 2 is 1.91 bits per heavy atom. The van der Waals surface area contributed by atoms with Crippen molar-refractivity contribution in [3.05, 3.63) is 48.0 Å². The van der Waals surface area contributed by atoms with Crippen LogP contribution in [0.1, 0.15) is 43.0 Å². The molecule has 2 heteroatoms. The van der Waals surface area contributed by atoms with Crippen molar-refractivity contribution in [1.82, 2.24) is 5.32 Å². The van der Waals surface area contributed by atoms with E-state index in [9.17, 15) is 4.79 Å². The number of carbonyl (C=O) groups excluding carboxylic acids is 1. The molecule has 2 bridgehead atoms. The number of hydrogen-bond donors (Lipinski definition) is 1. The lowest BCUT2D eigenvalue weighted by Gasteiger charge is -2.28. The fourth-order valence-corrected chi connectivity index (χ4v) is 4.72. The van der Waals surface area contributed by atoms with Crippen molar-refractivity contribution >= 4 is 16.7 Å². The number of amides is 1. The van der Waals surface area contributed by atoms with E-state index in [2.05, 4.69) is 24.4 Å². The summed E-state index contributed by atoms with van der Waals surface area (Å²) >= 11 is 0. The lowest BCUT2D eigenvalue weighted by molar-refractivity contribution is 0.0917. The summed E-state index contributed by atoms with van der Waals surface area (Å²) in [5.41, 5.74) is 0.799. The summed E-state index contributed by atoms with van der Waals surface area (Å²) in [5.74, 6) is 2.52. The minimum absolute atomic E-state index is 0.0760. The Bertz CT molecular complexity index is 702. The molecule has 4 rings (SSSR count). The van der Waals surface area contributed by atoms with Crippen LogP contribution in [0.25, 0.3) is 10.8 Å². The minimum Gasteiger partial charge on any atom is -0.349 e. The van der Waals surface area contributed by atoms with E-state index < -0.39 is 0 Å². The van der Waals surface area contributed by atoms with Crippen LogP contribution in [0.2, 0.25) is 0 Å². The summed E-state index contributed by atoms with van der Waals surface area (Å²) in [5, 5.41) is 5.45. The highest BCUT2D eigenvalue weighted by Gasteiger charge is 2.42. The molecule has 0 saturated heterocycles. The molecule has 0 radical (unpaired) electrons. The quantitative estimate of drug-likeness (QED) is 0.893. The zero-order valence-electron chi connectivity index (χ0n) is 13.1. The van der Waals surface area contributed by atoms with Gasteiger partial charge in [-0.2, -0.15) is 0 Å². The van der Waals surface area contributed by atoms with E-state index in [0.717, 1.165) is 28.2 Å². The lowest BCUT2D eigenvalue weighted by Crippen LogP contribution is -2.40. The molecule has 1 amide bonds. The third-order valence-corrected chi connectivity index (χ3v) is 5.83. The van der Waals surface area contributed by atoms with Gasteiger partial charge in [-0.25, -0.2) is 0 Å². The van der Waals surface area contributed by atoms with E-state index >= 15 is 0 Å². The first-order chi connectivity index (χ1) is 10.7. The normalized spacial score (nSPS) is 28.0. The van der Waals surface area contributed by atoms with E-state index in [1.165, 1.54) is 25.7 Å². The highest BCUT2D eigenvalue weighted by Crippen LogP contribution is 2.49. The van der Waals surface area contributed by atoms with E-state index in [4.69, 9.17) is 0 Å². The average molecular weight is 293 g/mol. The van der Waals surface area contributed by atoms with Crippen molar-refractivity contribution in [2.75, 3.05) is 0 Å². The third-order valence-electron chi connectivity index (χ3n) is 5.83. The van der Waals surface area contributed by atoms with Gasteiger partial charge in [0.05, 0.1) is 0 Å². The zero-order chi connectivity index (χ0) is 15.1. The lowest BCUT2D eigenvalue weighted by atomic mass is 9.84. The first-order valence-electron chi connectivity index (χ1n) is 8.51. The molecule has 0 heterocycles. The molecule has 0 spiro atoms. The minimum atomic E-state index is 0.0760. The van der Waals surface area contributed by atoms with Gasteiger partial charge >= 0.3 is 0 Å². The maximum atomic E-state index is 12.7. The van der Waals surface area contributed by atoms with Gasteiger partial charge in [-0.15, -0.1) is 0 Å². The second kappa shape index (κ2) is 5.42. The summed E-state index contributed by atoms with van der Waals surface area (Å²) in [6, 6.07) is 14.4. The van der Waals surface area contributed by atoms with Crippen LogP contribution in [0.5, 0.6) is 0 Å². The molecule has 2 aliphatic carbocycles. The van der Waals surface area contributed by atoms with Crippen molar-refractivity contribution in [1.29, 1.82) is 0 Å². The third kappa shape index (κ3) is 2.31. The van der Waals surface area contributed by atoms with E-state index in [1.807, 2.05) is 30.3 Å². The van der Waals surface area contributed by atoms with Crippen LogP contribution < -0.4 is 5.32 Å². The van der Waals surface area contributed by atoms with Crippen LogP contribution >= 0.6 is 0 Å². The first kappa shape index (κ1) is 13.8. The molecular formula is C20H23NO. The first-order valence-corrected chi connectivity index (χ1v) is 8.51. The largest absolute Gasteiger partial charge is 0.349 e. The highest BCUT2D eigenvalue weighted by atomic mass is 16.1. The molecular weight excluding hydrogens is 270 g/mol. The summed E-state index contributed by atoms with van der Waals surface area (Å²) in [4.78, 5) is 12.7. The number of hydrogen-bond acceptors (Lipinski definition) is 1. The predicted molar refractivity (Wildman–Crippen MR) is 89.8 cm³/mol. The molecule has 2 aromatic carbocycles. The van der Waals surface area contributed by atoms with Gasteiger partial charge in [0.2, 0.25) is 0 Å². The van der Waals surface area contributed by atoms with Gasteiger partial charge in [-0.1, -0.05) is 42.8 Å². The second-order valence-corrected chi connectivity index (χ2v) is 7.13. The SMILES string of the molecule is CC(NC(=O)c1cccc2ccccc12)C1CC2CCC1C2. The number of fused-ring (bicyclic) bond motifs is 3. The standard InChI is InChI=1S/C20H23NO/c1-13(19-12-14-9-10-16(19)11-14)21-20(22)18-8-4-6-15-5-2-3-7-17(15)18/h2-8,13-14,16,19H,9-12H2,1H3,(H,21,22). The smallest absolute Gasteiger partial charge is 0.252 e. The summed E-state index contributed by atoms with van der Waals surface area (Å²) < 4.78 is 0. The second-order valence-electron chi connectivity index (χ2n) is 7.13. The molecule has 0 aromatic heterocycles. The molecule has 2 aromatic rings. The van der Waals surface area contributed by atoms with Crippen LogP contribution in [0.4, 0.5) is 0 Å². The van der Waals surface area contributed by atoms with E-state index in [1.54, 1.807) is 0 Å². The number of rotatable bonds is 3. The van der Waals surface area contributed by atoms with Gasteiger partial charge < -0.3 is 5.32 Å². The van der Waals surface area contributed by atoms with Gasteiger partial charge in [-0.05, 0) is 60.8 Å². The van der Waals surface area contributed by atoms with Crippen LogP contribution in [-0.2, 0) is 0 Å².